The van der Waals surface area contributed by atoms with E-state index in [9.17, 15) is 0 Å². The van der Waals surface area contributed by atoms with Gasteiger partial charge < -0.3 is 0 Å². The van der Waals surface area contributed by atoms with Crippen LogP contribution in [0, 0.1) is 6.07 Å². The second-order valence-electron chi connectivity index (χ2n) is 3.94. The van der Waals surface area contributed by atoms with E-state index in [4.69, 9.17) is 0 Å². The molecule has 0 saturated heterocycles. The van der Waals surface area contributed by atoms with E-state index in [0.29, 0.717) is 0 Å². The molecule has 0 unspecified atom stereocenters. The molecule has 0 amide bonds. The normalized spacial score (nSPS) is 14.3. The van der Waals surface area contributed by atoms with Crippen LogP contribution in [0.5, 0.6) is 0 Å². The Kier molecular flexibility index (Phi) is 14.0. The predicted molar refractivity (Wildman–Crippen MR) is 80.3 cm³/mol. The monoisotopic (exact) mass is 430 g/mol. The molecule has 1 radical (unpaired) electrons. The van der Waals surface area contributed by atoms with Crippen LogP contribution in [0.1, 0.15) is 25.7 Å². The van der Waals surface area contributed by atoms with Gasteiger partial charge in [0.2, 0.25) is 0 Å². The Morgan fingerprint density at radius 3 is 1.00 bits per heavy atom. The Hall–Kier alpha value is -1.17. The van der Waals surface area contributed by atoms with Crippen LogP contribution in [0.25, 0.3) is 0 Å². The Morgan fingerprint density at radius 2 is 0.895 bits per heavy atom. The second kappa shape index (κ2) is 14.9. The molecule has 0 aliphatic heterocycles. The first-order chi connectivity index (χ1) is 9.00. The Labute approximate surface area is 131 Å². The van der Waals surface area contributed by atoms with Crippen molar-refractivity contribution in [2.24, 2.45) is 0 Å². The van der Waals surface area contributed by atoms with Crippen LogP contribution in [0.2, 0.25) is 0 Å². The molecule has 0 saturated carbocycles. The second-order valence-corrected chi connectivity index (χ2v) is 3.94. The summed E-state index contributed by atoms with van der Waals surface area (Å²) in [6.45, 7) is 0. The van der Waals surface area contributed by atoms with Gasteiger partial charge in [0.25, 0.3) is 0 Å². The van der Waals surface area contributed by atoms with Crippen molar-refractivity contribution in [1.82, 2.24) is 0 Å². The molecular weight excluding hydrogens is 408 g/mol. The van der Waals surface area contributed by atoms with Gasteiger partial charge in [-0.3, -0.25) is 0 Å². The maximum absolute atomic E-state index is 2.89. The first-order valence-corrected chi connectivity index (χ1v) is 6.54. The van der Waals surface area contributed by atoms with Crippen molar-refractivity contribution in [3.8, 4) is 0 Å². The van der Waals surface area contributed by atoms with Crippen molar-refractivity contribution in [1.29, 1.82) is 0 Å². The Bertz CT molecular complexity index is 311. The van der Waals surface area contributed by atoms with Crippen molar-refractivity contribution in [3.05, 3.63) is 85.0 Å². The minimum atomic E-state index is 0. The van der Waals surface area contributed by atoms with E-state index >= 15 is 0 Å². The zero-order chi connectivity index (χ0) is 12.7. The standard InChI is InChI=1S/2C6H8.C6H5.Ir/c3*1-2-4-6-5-3-1;/h2*1-4H,5-6H2;1-5H;/q;;-1;. The first-order valence-electron chi connectivity index (χ1n) is 6.54. The molecule has 103 valence electrons. The summed E-state index contributed by atoms with van der Waals surface area (Å²) in [5.74, 6) is 0. The SMILES string of the molecule is C1=CCCC=C1.C1=CCCC=C1.[Ir].[c-]1ccccc1. The molecule has 0 bridgehead atoms. The third-order valence-corrected chi connectivity index (χ3v) is 2.37. The predicted octanol–water partition coefficient (Wildman–Crippen LogP) is 5.27. The molecule has 2 aliphatic carbocycles. The van der Waals surface area contributed by atoms with E-state index in [-0.39, 0.29) is 20.1 Å². The summed E-state index contributed by atoms with van der Waals surface area (Å²) >= 11 is 0. The fourth-order valence-electron chi connectivity index (χ4n) is 1.43. The molecule has 0 nitrogen and oxygen atoms in total. The zero-order valence-electron chi connectivity index (χ0n) is 11.2. The molecule has 0 N–H and O–H groups in total. The van der Waals surface area contributed by atoms with Gasteiger partial charge in [-0.25, -0.2) is 0 Å². The summed E-state index contributed by atoms with van der Waals surface area (Å²) in [6, 6.07) is 12.5. The van der Waals surface area contributed by atoms with Gasteiger partial charge in [0.1, 0.15) is 0 Å². The summed E-state index contributed by atoms with van der Waals surface area (Å²) < 4.78 is 0. The molecule has 1 aromatic rings. The van der Waals surface area contributed by atoms with E-state index in [2.05, 4.69) is 54.7 Å². The number of rotatable bonds is 0. The van der Waals surface area contributed by atoms with Gasteiger partial charge in [-0.15, -0.1) is 0 Å². The molecule has 0 aromatic heterocycles. The molecule has 1 heteroatoms. The summed E-state index contributed by atoms with van der Waals surface area (Å²) in [4.78, 5) is 0. The minimum absolute atomic E-state index is 0. The van der Waals surface area contributed by atoms with Gasteiger partial charge in [-0.2, -0.15) is 36.4 Å². The smallest absolute Gasteiger partial charge is 0 e. The van der Waals surface area contributed by atoms with Crippen LogP contribution in [-0.2, 0) is 20.1 Å². The van der Waals surface area contributed by atoms with Crippen LogP contribution in [0.3, 0.4) is 0 Å². The van der Waals surface area contributed by atoms with E-state index in [1.54, 1.807) is 0 Å². The van der Waals surface area contributed by atoms with Gasteiger partial charge in [0, 0.05) is 20.1 Å². The molecule has 0 atom stereocenters. The van der Waals surface area contributed by atoms with E-state index in [0.717, 1.165) is 0 Å². The average Bonchev–Trinajstić information content (AvgIpc) is 2.54. The van der Waals surface area contributed by atoms with Gasteiger partial charge >= 0.3 is 0 Å². The Balaban J connectivity index is 0.000000249. The molecule has 0 spiro atoms. The van der Waals surface area contributed by atoms with E-state index in [1.807, 2.05) is 30.3 Å². The van der Waals surface area contributed by atoms with Gasteiger partial charge in [0.05, 0.1) is 0 Å². The largest absolute Gasteiger partial charge is 0.184 e. The fourth-order valence-corrected chi connectivity index (χ4v) is 1.43. The average molecular weight is 430 g/mol. The number of hydrogen-bond donors (Lipinski definition) is 0. The summed E-state index contributed by atoms with van der Waals surface area (Å²) in [7, 11) is 0. The summed E-state index contributed by atoms with van der Waals surface area (Å²) in [5, 5.41) is 0. The molecule has 2 aliphatic rings. The number of hydrogen-bond acceptors (Lipinski definition) is 0. The molecule has 0 heterocycles. The van der Waals surface area contributed by atoms with Crippen LogP contribution in [-0.4, -0.2) is 0 Å². The maximum Gasteiger partial charge on any atom is 0 e. The van der Waals surface area contributed by atoms with E-state index in [1.165, 1.54) is 25.7 Å². The van der Waals surface area contributed by atoms with Crippen molar-refractivity contribution in [2.75, 3.05) is 0 Å². The van der Waals surface area contributed by atoms with Crippen LogP contribution in [0.15, 0.2) is 78.9 Å². The molecule has 0 fully saturated rings. The van der Waals surface area contributed by atoms with Crippen LogP contribution >= 0.6 is 0 Å². The van der Waals surface area contributed by atoms with Crippen molar-refractivity contribution >= 4 is 0 Å². The van der Waals surface area contributed by atoms with E-state index < -0.39 is 0 Å². The third-order valence-electron chi connectivity index (χ3n) is 2.37. The van der Waals surface area contributed by atoms with Crippen molar-refractivity contribution in [3.63, 3.8) is 0 Å². The molecule has 1 aromatic carbocycles. The van der Waals surface area contributed by atoms with Crippen LogP contribution in [0.4, 0.5) is 0 Å². The zero-order valence-corrected chi connectivity index (χ0v) is 13.6. The number of allylic oxidation sites excluding steroid dienone is 8. The van der Waals surface area contributed by atoms with Crippen molar-refractivity contribution < 1.29 is 20.1 Å². The molecule has 19 heavy (non-hydrogen) atoms. The number of benzene rings is 1. The quantitative estimate of drug-likeness (QED) is 0.493. The van der Waals surface area contributed by atoms with Crippen LogP contribution < -0.4 is 0 Å². The third kappa shape index (κ3) is 13.1. The fraction of sp³-hybridized carbons (Fsp3) is 0.222. The van der Waals surface area contributed by atoms with Crippen molar-refractivity contribution in [2.45, 2.75) is 25.7 Å². The van der Waals surface area contributed by atoms with Gasteiger partial charge in [0.15, 0.2) is 0 Å². The Morgan fingerprint density at radius 1 is 0.526 bits per heavy atom. The maximum atomic E-state index is 2.89. The molecule has 3 rings (SSSR count). The topological polar surface area (TPSA) is 0 Å². The molecular formula is C18H21Ir-. The van der Waals surface area contributed by atoms with Gasteiger partial charge in [-0.05, 0) is 25.7 Å². The summed E-state index contributed by atoms with van der Waals surface area (Å²) in [5.41, 5.74) is 0. The van der Waals surface area contributed by atoms with Gasteiger partial charge in [-0.1, -0.05) is 48.6 Å². The minimum Gasteiger partial charge on any atom is -0.184 e. The first kappa shape index (κ1) is 17.8. The summed E-state index contributed by atoms with van der Waals surface area (Å²) in [6.07, 6.45) is 22.0.